The molecule has 6 nitrogen and oxygen atoms in total. The summed E-state index contributed by atoms with van der Waals surface area (Å²) in [5.41, 5.74) is 4.60. The smallest absolute Gasteiger partial charge is 0.177 e. The number of aryl methyl sites for hydroxylation is 1. The highest BCUT2D eigenvalue weighted by Crippen LogP contribution is 2.29. The minimum Gasteiger partial charge on any atom is -0.593 e. The Morgan fingerprint density at radius 1 is 1.12 bits per heavy atom. The normalized spacial score (nSPS) is 16.2. The van der Waals surface area contributed by atoms with Gasteiger partial charge in [0.2, 0.25) is 0 Å². The monoisotopic (exact) mass is 477 g/mol. The topological polar surface area (TPSA) is 68.5 Å². The predicted octanol–water partition coefficient (Wildman–Crippen LogP) is 3.22. The summed E-state index contributed by atoms with van der Waals surface area (Å²) >= 11 is 5.33. The Morgan fingerprint density at radius 2 is 1.85 bits per heavy atom. The van der Waals surface area contributed by atoms with Gasteiger partial charge in [-0.2, -0.15) is 9.61 Å². The Kier molecular flexibility index (Phi) is 6.34. The van der Waals surface area contributed by atoms with Crippen LogP contribution in [0, 0.1) is 6.92 Å². The number of halogens is 1. The van der Waals surface area contributed by atoms with E-state index in [4.69, 9.17) is 16.6 Å². The highest BCUT2D eigenvalue weighted by molar-refractivity contribution is 7.89. The van der Waals surface area contributed by atoms with Gasteiger partial charge in [-0.15, -0.1) is 4.31 Å². The molecule has 0 spiro atoms. The Morgan fingerprint density at radius 3 is 2.61 bits per heavy atom. The maximum absolute atomic E-state index is 13.1. The second kappa shape index (κ2) is 9.39. The molecule has 1 atom stereocenters. The first-order chi connectivity index (χ1) is 16.0. The van der Waals surface area contributed by atoms with E-state index in [0.717, 1.165) is 64.6 Å². The summed E-state index contributed by atoms with van der Waals surface area (Å²) < 4.78 is 17.0. The van der Waals surface area contributed by atoms with Gasteiger partial charge in [0.15, 0.2) is 10.5 Å². The fourth-order valence-corrected chi connectivity index (χ4v) is 5.84. The van der Waals surface area contributed by atoms with Crippen LogP contribution in [0.3, 0.4) is 0 Å². The maximum atomic E-state index is 13.1. The summed E-state index contributed by atoms with van der Waals surface area (Å²) in [4.78, 5) is 5.72. The van der Waals surface area contributed by atoms with Crippen LogP contribution in [0.1, 0.15) is 18.4 Å². The van der Waals surface area contributed by atoms with E-state index in [1.807, 2.05) is 80.1 Å². The van der Waals surface area contributed by atoms with E-state index in [1.165, 1.54) is 0 Å². The van der Waals surface area contributed by atoms with Crippen molar-refractivity contribution in [3.8, 4) is 11.3 Å². The first kappa shape index (κ1) is 22.3. The average Bonchev–Trinajstić information content (AvgIpc) is 3.21. The number of piperidine rings is 1. The van der Waals surface area contributed by atoms with Gasteiger partial charge in [-0.05, 0) is 37.4 Å². The van der Waals surface area contributed by atoms with Crippen molar-refractivity contribution >= 4 is 47.7 Å². The van der Waals surface area contributed by atoms with Gasteiger partial charge in [-0.25, -0.2) is 4.98 Å². The lowest BCUT2D eigenvalue weighted by Gasteiger charge is -2.32. The first-order valence-corrected chi connectivity index (χ1v) is 12.6. The van der Waals surface area contributed by atoms with Crippen molar-refractivity contribution < 1.29 is 4.55 Å². The van der Waals surface area contributed by atoms with Crippen molar-refractivity contribution in [3.05, 3.63) is 71.4 Å². The fourth-order valence-electron chi connectivity index (χ4n) is 4.25. The molecule has 168 valence electrons. The van der Waals surface area contributed by atoms with Gasteiger partial charge >= 0.3 is 0 Å². The molecule has 2 aromatic heterocycles. The molecule has 3 heterocycles. The highest BCUT2D eigenvalue weighted by atomic mass is 35.5. The van der Waals surface area contributed by atoms with Crippen LogP contribution in [-0.4, -0.2) is 50.4 Å². The number of aromatic nitrogens is 3. The molecule has 1 fully saturated rings. The zero-order valence-electron chi connectivity index (χ0n) is 18.7. The molecule has 1 unspecified atom stereocenters. The van der Waals surface area contributed by atoms with E-state index >= 15 is 0 Å². The fraction of sp³-hybridized carbons (Fsp3) is 0.250. The number of anilines is 1. The summed E-state index contributed by atoms with van der Waals surface area (Å²) in [7, 11) is 2.01. The Labute approximate surface area is 202 Å². The minimum absolute atomic E-state index is 0.254. The van der Waals surface area contributed by atoms with Crippen LogP contribution in [-0.2, 0) is 11.4 Å². The SMILES string of the molecule is Bc1cnn2c(NC3CCN([S+]([O-])c4ccccc4C)CC3)cc(-c3ccccc3Cl)nc12. The van der Waals surface area contributed by atoms with Crippen LogP contribution in [0.4, 0.5) is 5.82 Å². The van der Waals surface area contributed by atoms with E-state index in [-0.39, 0.29) is 6.04 Å². The summed E-state index contributed by atoms with van der Waals surface area (Å²) in [6.07, 6.45) is 3.62. The quantitative estimate of drug-likeness (QED) is 0.353. The third kappa shape index (κ3) is 4.48. The number of nitrogens with one attached hydrogen (secondary N) is 1. The van der Waals surface area contributed by atoms with Crippen LogP contribution in [0.2, 0.25) is 5.02 Å². The van der Waals surface area contributed by atoms with Crippen LogP contribution in [0.15, 0.2) is 65.7 Å². The predicted molar refractivity (Wildman–Crippen MR) is 137 cm³/mol. The second-order valence-corrected chi connectivity index (χ2v) is 10.3. The van der Waals surface area contributed by atoms with E-state index in [9.17, 15) is 4.55 Å². The summed E-state index contributed by atoms with van der Waals surface area (Å²) in [6, 6.07) is 17.9. The molecule has 0 radical (unpaired) electrons. The molecular weight excluding hydrogens is 453 g/mol. The summed E-state index contributed by atoms with van der Waals surface area (Å²) in [5, 5.41) is 8.87. The Bertz CT molecular complexity index is 1290. The minimum atomic E-state index is -1.13. The third-order valence-electron chi connectivity index (χ3n) is 6.12. The van der Waals surface area contributed by atoms with Gasteiger partial charge in [0.05, 0.1) is 17.1 Å². The van der Waals surface area contributed by atoms with Crippen LogP contribution in [0.25, 0.3) is 16.9 Å². The van der Waals surface area contributed by atoms with Gasteiger partial charge in [0.25, 0.3) is 0 Å². The van der Waals surface area contributed by atoms with E-state index < -0.39 is 11.4 Å². The van der Waals surface area contributed by atoms with Crippen molar-refractivity contribution in [3.63, 3.8) is 0 Å². The lowest BCUT2D eigenvalue weighted by Crippen LogP contribution is -2.42. The molecule has 0 amide bonds. The molecule has 5 rings (SSSR count). The number of fused-ring (bicyclic) bond motifs is 1. The van der Waals surface area contributed by atoms with Crippen molar-refractivity contribution in [2.75, 3.05) is 18.4 Å². The summed E-state index contributed by atoms with van der Waals surface area (Å²) in [5.74, 6) is 0.890. The molecule has 1 aliphatic heterocycles. The third-order valence-corrected chi connectivity index (χ3v) is 8.12. The molecule has 0 aliphatic carbocycles. The standard InChI is InChI=1S/C24H25BClN5OS/c1-16-6-2-5-9-22(16)33(32)30-12-10-17(11-13-30)28-23-14-21(18-7-3-4-8-20(18)26)29-24-19(25)15-27-31(23)24/h2-9,14-15,17,28H,10-13,25H2,1H3. The highest BCUT2D eigenvalue weighted by Gasteiger charge is 2.30. The van der Waals surface area contributed by atoms with Gasteiger partial charge in [0.1, 0.15) is 13.7 Å². The zero-order valence-corrected chi connectivity index (χ0v) is 20.2. The molecule has 1 saturated heterocycles. The van der Waals surface area contributed by atoms with Crippen LogP contribution < -0.4 is 10.8 Å². The van der Waals surface area contributed by atoms with Crippen molar-refractivity contribution in [1.29, 1.82) is 0 Å². The molecule has 9 heteroatoms. The number of hydrogen-bond donors (Lipinski definition) is 1. The number of hydrogen-bond acceptors (Lipinski definition) is 5. The van der Waals surface area contributed by atoms with Gasteiger partial charge in [-0.3, -0.25) is 0 Å². The molecule has 1 N–H and O–H groups in total. The molecule has 1 aliphatic rings. The van der Waals surface area contributed by atoms with Crippen molar-refractivity contribution in [1.82, 2.24) is 18.9 Å². The summed E-state index contributed by atoms with van der Waals surface area (Å²) in [6.45, 7) is 3.55. The second-order valence-electron chi connectivity index (χ2n) is 8.43. The van der Waals surface area contributed by atoms with Gasteiger partial charge in [-0.1, -0.05) is 48.0 Å². The molecule has 0 bridgehead atoms. The molecule has 33 heavy (non-hydrogen) atoms. The maximum Gasteiger partial charge on any atom is 0.177 e. The molecular formula is C24H25BClN5OS. The van der Waals surface area contributed by atoms with Gasteiger partial charge < -0.3 is 9.87 Å². The van der Waals surface area contributed by atoms with E-state index in [1.54, 1.807) is 0 Å². The number of benzene rings is 2. The molecule has 2 aromatic carbocycles. The van der Waals surface area contributed by atoms with Crippen molar-refractivity contribution in [2.45, 2.75) is 30.7 Å². The zero-order chi connectivity index (χ0) is 22.9. The first-order valence-electron chi connectivity index (χ1n) is 11.1. The van der Waals surface area contributed by atoms with Gasteiger partial charge in [0, 0.05) is 47.5 Å². The molecule has 4 aromatic rings. The molecule has 0 saturated carbocycles. The van der Waals surface area contributed by atoms with E-state index in [2.05, 4.69) is 14.7 Å². The lowest BCUT2D eigenvalue weighted by molar-refractivity contribution is 0.329. The largest absolute Gasteiger partial charge is 0.593 e. The van der Waals surface area contributed by atoms with Crippen LogP contribution >= 0.6 is 11.6 Å². The van der Waals surface area contributed by atoms with E-state index in [0.29, 0.717) is 5.02 Å². The lowest BCUT2D eigenvalue weighted by atomic mass is 10.0. The average molecular weight is 478 g/mol. The Hall–Kier alpha value is -2.52. The Balaban J connectivity index is 1.36. The number of rotatable bonds is 5. The van der Waals surface area contributed by atoms with Crippen LogP contribution in [0.5, 0.6) is 0 Å². The number of nitrogens with zero attached hydrogens (tertiary/aromatic N) is 4. The van der Waals surface area contributed by atoms with Crippen molar-refractivity contribution in [2.24, 2.45) is 0 Å².